The van der Waals surface area contributed by atoms with Crippen molar-refractivity contribution in [3.8, 4) is 0 Å². The van der Waals surface area contributed by atoms with Gasteiger partial charge < -0.3 is 21.1 Å². The maximum atomic E-state index is 13.3. The zero-order valence-corrected chi connectivity index (χ0v) is 23.6. The molecule has 8 nitrogen and oxygen atoms in total. The maximum Gasteiger partial charge on any atom is 0.335 e. The van der Waals surface area contributed by atoms with E-state index in [1.807, 2.05) is 36.6 Å². The van der Waals surface area contributed by atoms with E-state index in [0.29, 0.717) is 23.4 Å². The van der Waals surface area contributed by atoms with Crippen molar-refractivity contribution in [2.75, 3.05) is 10.6 Å². The summed E-state index contributed by atoms with van der Waals surface area (Å²) in [6.45, 7) is 1.90. The van der Waals surface area contributed by atoms with Crippen LogP contribution in [-0.2, 0) is 9.59 Å². The van der Waals surface area contributed by atoms with Crippen molar-refractivity contribution in [1.29, 1.82) is 0 Å². The number of hydrogen-bond acceptors (Lipinski definition) is 6. The lowest BCUT2D eigenvalue weighted by Crippen LogP contribution is -2.30. The van der Waals surface area contributed by atoms with Crippen LogP contribution in [0.4, 0.5) is 11.4 Å². The summed E-state index contributed by atoms with van der Waals surface area (Å²) in [7, 11) is 0. The van der Waals surface area contributed by atoms with Gasteiger partial charge in [0.1, 0.15) is 5.70 Å². The SMILES string of the molecule is CCC(Sc1cccc(NC(=O)/C(=C/c2cccs2)NC(=O)c2ccccc2)c1)C(=O)Nc1ccc(C(=O)O)cc1. The number of hydrogen-bond donors (Lipinski definition) is 4. The third-order valence-corrected chi connectivity index (χ3v) is 7.97. The number of anilines is 2. The van der Waals surface area contributed by atoms with Crippen molar-refractivity contribution >= 4 is 64.2 Å². The van der Waals surface area contributed by atoms with Gasteiger partial charge in [-0.15, -0.1) is 23.1 Å². The maximum absolute atomic E-state index is 13.3. The second-order valence-corrected chi connectivity index (χ2v) is 11.0. The number of carboxylic acid groups (broad SMARTS) is 1. The minimum Gasteiger partial charge on any atom is -0.478 e. The first-order valence-electron chi connectivity index (χ1n) is 12.7. The van der Waals surface area contributed by atoms with Crippen molar-refractivity contribution in [1.82, 2.24) is 5.32 Å². The predicted molar refractivity (Wildman–Crippen MR) is 163 cm³/mol. The predicted octanol–water partition coefficient (Wildman–Crippen LogP) is 6.37. The number of aromatic carboxylic acids is 1. The van der Waals surface area contributed by atoms with E-state index < -0.39 is 23.0 Å². The Balaban J connectivity index is 1.44. The molecule has 1 atom stereocenters. The Morgan fingerprint density at radius 3 is 2.27 bits per heavy atom. The molecule has 3 amide bonds. The van der Waals surface area contributed by atoms with E-state index in [9.17, 15) is 19.2 Å². The molecule has 0 aliphatic heterocycles. The van der Waals surface area contributed by atoms with E-state index in [2.05, 4.69) is 16.0 Å². The van der Waals surface area contributed by atoms with Crippen LogP contribution in [0.25, 0.3) is 6.08 Å². The molecule has 208 valence electrons. The Morgan fingerprint density at radius 2 is 1.61 bits per heavy atom. The summed E-state index contributed by atoms with van der Waals surface area (Å²) in [6, 6.07) is 25.4. The number of benzene rings is 3. The second kappa shape index (κ2) is 14.1. The molecule has 41 heavy (non-hydrogen) atoms. The lowest BCUT2D eigenvalue weighted by Gasteiger charge is -2.16. The molecule has 0 saturated heterocycles. The normalized spacial score (nSPS) is 11.8. The van der Waals surface area contributed by atoms with E-state index in [1.54, 1.807) is 60.7 Å². The van der Waals surface area contributed by atoms with Gasteiger partial charge in [0.25, 0.3) is 11.8 Å². The minimum absolute atomic E-state index is 0.0964. The van der Waals surface area contributed by atoms with E-state index in [-0.39, 0.29) is 17.2 Å². The molecule has 0 aliphatic carbocycles. The van der Waals surface area contributed by atoms with Gasteiger partial charge in [-0.2, -0.15) is 0 Å². The molecule has 4 rings (SSSR count). The smallest absolute Gasteiger partial charge is 0.335 e. The number of nitrogens with one attached hydrogen (secondary N) is 3. The molecule has 0 aliphatic rings. The summed E-state index contributed by atoms with van der Waals surface area (Å²) < 4.78 is 0. The fourth-order valence-electron chi connectivity index (χ4n) is 3.71. The van der Waals surface area contributed by atoms with Crippen molar-refractivity contribution in [3.05, 3.63) is 118 Å². The van der Waals surface area contributed by atoms with Gasteiger partial charge in [0.2, 0.25) is 5.91 Å². The molecule has 0 bridgehead atoms. The zero-order chi connectivity index (χ0) is 29.2. The quantitative estimate of drug-likeness (QED) is 0.120. The Morgan fingerprint density at radius 1 is 0.854 bits per heavy atom. The van der Waals surface area contributed by atoms with Crippen molar-refractivity contribution in [3.63, 3.8) is 0 Å². The zero-order valence-electron chi connectivity index (χ0n) is 22.0. The number of amides is 3. The number of carboxylic acids is 1. The Labute approximate surface area is 245 Å². The molecule has 0 fully saturated rings. The number of carbonyl (C=O) groups excluding carboxylic acids is 3. The van der Waals surface area contributed by atoms with E-state index in [1.165, 1.54) is 35.2 Å². The van der Waals surface area contributed by atoms with Crippen LogP contribution < -0.4 is 16.0 Å². The molecule has 3 aromatic carbocycles. The minimum atomic E-state index is -1.04. The highest BCUT2D eigenvalue weighted by Gasteiger charge is 2.20. The monoisotopic (exact) mass is 585 g/mol. The van der Waals surface area contributed by atoms with Gasteiger partial charge in [0.15, 0.2) is 0 Å². The summed E-state index contributed by atoms with van der Waals surface area (Å²) in [5.41, 5.74) is 1.67. The topological polar surface area (TPSA) is 125 Å². The summed E-state index contributed by atoms with van der Waals surface area (Å²) in [5, 5.41) is 18.9. The average molecular weight is 586 g/mol. The summed E-state index contributed by atoms with van der Waals surface area (Å²) in [6.07, 6.45) is 2.17. The highest BCUT2D eigenvalue weighted by atomic mass is 32.2. The van der Waals surface area contributed by atoms with Crippen LogP contribution >= 0.6 is 23.1 Å². The lowest BCUT2D eigenvalue weighted by atomic mass is 10.2. The highest BCUT2D eigenvalue weighted by Crippen LogP contribution is 2.29. The van der Waals surface area contributed by atoms with Crippen molar-refractivity contribution < 1.29 is 24.3 Å². The van der Waals surface area contributed by atoms with Gasteiger partial charge in [-0.05, 0) is 78.5 Å². The summed E-state index contributed by atoms with van der Waals surface area (Å²) >= 11 is 2.79. The molecule has 4 N–H and O–H groups in total. The summed E-state index contributed by atoms with van der Waals surface area (Å²) in [4.78, 5) is 51.6. The Kier molecular flexibility index (Phi) is 10.1. The van der Waals surface area contributed by atoms with Gasteiger partial charge in [-0.3, -0.25) is 14.4 Å². The third-order valence-electron chi connectivity index (χ3n) is 5.79. The first kappa shape index (κ1) is 29.3. The molecule has 0 saturated carbocycles. The lowest BCUT2D eigenvalue weighted by molar-refractivity contribution is -0.116. The van der Waals surface area contributed by atoms with Gasteiger partial charge in [-0.1, -0.05) is 37.3 Å². The van der Waals surface area contributed by atoms with Crippen LogP contribution in [0.2, 0.25) is 0 Å². The van der Waals surface area contributed by atoms with E-state index in [0.717, 1.165) is 9.77 Å². The van der Waals surface area contributed by atoms with Gasteiger partial charge in [0, 0.05) is 26.7 Å². The largest absolute Gasteiger partial charge is 0.478 e. The van der Waals surface area contributed by atoms with Crippen LogP contribution in [0.5, 0.6) is 0 Å². The van der Waals surface area contributed by atoms with Crippen LogP contribution in [0.15, 0.2) is 107 Å². The number of thioether (sulfide) groups is 1. The second-order valence-electron chi connectivity index (χ2n) is 8.76. The molecule has 10 heteroatoms. The van der Waals surface area contributed by atoms with Crippen LogP contribution in [0, 0.1) is 0 Å². The number of carbonyl (C=O) groups is 4. The Hall–Kier alpha value is -4.67. The molecule has 0 radical (unpaired) electrons. The summed E-state index contributed by atoms with van der Waals surface area (Å²) in [5.74, 6) is -2.15. The molecule has 4 aromatic rings. The van der Waals surface area contributed by atoms with E-state index >= 15 is 0 Å². The standard InChI is InChI=1S/C31H27N3O5S2/c1-2-27(30(37)32-22-15-13-21(14-16-22)31(38)39)41-25-11-6-10-23(18-25)33-29(36)26(19-24-12-7-17-40-24)34-28(35)20-8-4-3-5-9-20/h3-19,27H,2H2,1H3,(H,32,37)(H,33,36)(H,34,35)(H,38,39)/b26-19-. The first-order valence-corrected chi connectivity index (χ1v) is 14.4. The fourth-order valence-corrected chi connectivity index (χ4v) is 5.38. The van der Waals surface area contributed by atoms with Crippen LogP contribution in [0.1, 0.15) is 38.9 Å². The molecule has 0 spiro atoms. The van der Waals surface area contributed by atoms with Gasteiger partial charge in [0.05, 0.1) is 10.8 Å². The van der Waals surface area contributed by atoms with Gasteiger partial charge in [-0.25, -0.2) is 4.79 Å². The van der Waals surface area contributed by atoms with Crippen molar-refractivity contribution in [2.24, 2.45) is 0 Å². The van der Waals surface area contributed by atoms with Crippen molar-refractivity contribution in [2.45, 2.75) is 23.5 Å². The van der Waals surface area contributed by atoms with E-state index in [4.69, 9.17) is 5.11 Å². The highest BCUT2D eigenvalue weighted by molar-refractivity contribution is 8.00. The molecular weight excluding hydrogens is 558 g/mol. The van der Waals surface area contributed by atoms with Crippen LogP contribution in [0.3, 0.4) is 0 Å². The molecule has 1 heterocycles. The third kappa shape index (κ3) is 8.41. The molecule has 1 aromatic heterocycles. The Bertz CT molecular complexity index is 1550. The number of rotatable bonds is 11. The first-order chi connectivity index (χ1) is 19.8. The molecule has 1 unspecified atom stereocenters. The fraction of sp³-hybridized carbons (Fsp3) is 0.0968. The van der Waals surface area contributed by atoms with Gasteiger partial charge >= 0.3 is 5.97 Å². The number of thiophene rings is 1. The van der Waals surface area contributed by atoms with Crippen LogP contribution in [-0.4, -0.2) is 34.0 Å². The average Bonchev–Trinajstić information content (AvgIpc) is 3.49. The molecular formula is C31H27N3O5S2.